The van der Waals surface area contributed by atoms with Gasteiger partial charge in [0.15, 0.2) is 0 Å². The van der Waals surface area contributed by atoms with E-state index in [9.17, 15) is 9.90 Å². The molecule has 1 saturated heterocycles. The van der Waals surface area contributed by atoms with Crippen molar-refractivity contribution in [3.63, 3.8) is 0 Å². The maximum absolute atomic E-state index is 12.6. The second-order valence-corrected chi connectivity index (χ2v) is 5.88. The Hall–Kier alpha value is -1.40. The lowest BCUT2D eigenvalue weighted by Crippen LogP contribution is -2.40. The molecule has 118 valence electrons. The number of aryl methyl sites for hydroxylation is 1. The molecular weight excluding hydrogens is 268 g/mol. The molecule has 1 atom stereocenters. The van der Waals surface area contributed by atoms with E-state index in [-0.39, 0.29) is 12.0 Å². The Morgan fingerprint density at radius 2 is 2.19 bits per heavy atom. The highest BCUT2D eigenvalue weighted by molar-refractivity contribution is 5.95. The van der Waals surface area contributed by atoms with Crippen LogP contribution in [0.2, 0.25) is 0 Å². The number of nitrogens with zero attached hydrogens (tertiary/aromatic N) is 3. The summed E-state index contributed by atoms with van der Waals surface area (Å²) < 4.78 is 1.85. The van der Waals surface area contributed by atoms with Crippen molar-refractivity contribution in [1.82, 2.24) is 14.7 Å². The predicted octanol–water partition coefficient (Wildman–Crippen LogP) is 0.773. The summed E-state index contributed by atoms with van der Waals surface area (Å²) in [5, 5.41) is 13.9. The van der Waals surface area contributed by atoms with Gasteiger partial charge in [0.1, 0.15) is 0 Å². The van der Waals surface area contributed by atoms with Crippen LogP contribution in [0.15, 0.2) is 6.20 Å². The number of carbonyl (C=O) groups excluding carboxylic acids is 1. The molecule has 1 fully saturated rings. The van der Waals surface area contributed by atoms with Crippen LogP contribution in [0.1, 0.15) is 42.2 Å². The van der Waals surface area contributed by atoms with Crippen molar-refractivity contribution in [2.45, 2.75) is 45.8 Å². The topological polar surface area (TPSA) is 84.4 Å². The molecule has 3 N–H and O–H groups in total. The Labute approximate surface area is 125 Å². The zero-order chi connectivity index (χ0) is 15.4. The highest BCUT2D eigenvalue weighted by Gasteiger charge is 2.27. The first-order valence-electron chi connectivity index (χ1n) is 7.74. The van der Waals surface area contributed by atoms with Crippen LogP contribution >= 0.6 is 0 Å². The van der Waals surface area contributed by atoms with E-state index in [1.807, 2.05) is 23.4 Å². The van der Waals surface area contributed by atoms with Crippen LogP contribution in [0, 0.1) is 12.8 Å². The lowest BCUT2D eigenvalue weighted by Gasteiger charge is -2.33. The largest absolute Gasteiger partial charge is 0.393 e. The van der Waals surface area contributed by atoms with Crippen LogP contribution in [-0.2, 0) is 6.54 Å². The van der Waals surface area contributed by atoms with Crippen LogP contribution in [0.4, 0.5) is 0 Å². The molecule has 1 amide bonds. The first-order valence-corrected chi connectivity index (χ1v) is 7.74. The number of aliphatic hydroxyl groups excluding tert-OH is 1. The summed E-state index contributed by atoms with van der Waals surface area (Å²) in [6.07, 6.45) is 3.96. The molecule has 21 heavy (non-hydrogen) atoms. The molecule has 1 aromatic heterocycles. The zero-order valence-electron chi connectivity index (χ0n) is 13.0. The summed E-state index contributed by atoms with van der Waals surface area (Å²) >= 11 is 0. The van der Waals surface area contributed by atoms with Gasteiger partial charge in [0.05, 0.1) is 17.9 Å². The average molecular weight is 294 g/mol. The first-order chi connectivity index (χ1) is 10.0. The van der Waals surface area contributed by atoms with Crippen LogP contribution in [-0.4, -0.2) is 51.4 Å². The van der Waals surface area contributed by atoms with Gasteiger partial charge in [0.2, 0.25) is 0 Å². The number of hydrogen-bond donors (Lipinski definition) is 2. The van der Waals surface area contributed by atoms with E-state index < -0.39 is 0 Å². The molecule has 1 unspecified atom stereocenters. The van der Waals surface area contributed by atoms with E-state index in [1.54, 1.807) is 6.20 Å². The molecule has 0 aromatic carbocycles. The minimum Gasteiger partial charge on any atom is -0.393 e. The number of carbonyl (C=O) groups is 1. The second-order valence-electron chi connectivity index (χ2n) is 5.88. The Balaban J connectivity index is 1.99. The number of piperidine rings is 1. The van der Waals surface area contributed by atoms with Crippen molar-refractivity contribution < 1.29 is 9.90 Å². The van der Waals surface area contributed by atoms with Crippen molar-refractivity contribution in [2.75, 3.05) is 19.6 Å². The van der Waals surface area contributed by atoms with E-state index in [0.717, 1.165) is 31.5 Å². The van der Waals surface area contributed by atoms with Crippen molar-refractivity contribution in [2.24, 2.45) is 11.7 Å². The van der Waals surface area contributed by atoms with Gasteiger partial charge in [-0.15, -0.1) is 0 Å². The van der Waals surface area contributed by atoms with Crippen LogP contribution in [0.25, 0.3) is 0 Å². The third-order valence-corrected chi connectivity index (χ3v) is 4.42. The average Bonchev–Trinajstić information content (AvgIpc) is 2.85. The van der Waals surface area contributed by atoms with Gasteiger partial charge in [0, 0.05) is 25.3 Å². The van der Waals surface area contributed by atoms with Crippen molar-refractivity contribution in [3.8, 4) is 0 Å². The smallest absolute Gasteiger partial charge is 0.257 e. The van der Waals surface area contributed by atoms with Gasteiger partial charge in [-0.2, -0.15) is 5.10 Å². The number of rotatable bonds is 5. The van der Waals surface area contributed by atoms with Gasteiger partial charge in [-0.05, 0) is 45.6 Å². The van der Waals surface area contributed by atoms with Gasteiger partial charge >= 0.3 is 0 Å². The molecule has 0 radical (unpaired) electrons. The molecule has 0 aliphatic carbocycles. The summed E-state index contributed by atoms with van der Waals surface area (Å²) in [6, 6.07) is 0. The summed E-state index contributed by atoms with van der Waals surface area (Å²) in [5.74, 6) is 0.359. The fraction of sp³-hybridized carbons (Fsp3) is 0.733. The predicted molar refractivity (Wildman–Crippen MR) is 80.9 cm³/mol. The lowest BCUT2D eigenvalue weighted by molar-refractivity contribution is 0.0520. The highest BCUT2D eigenvalue weighted by Crippen LogP contribution is 2.22. The SMILES string of the molecule is Cc1c(C(=O)N2CCC(C(C)O)CC2)cnn1CCCN. The Morgan fingerprint density at radius 3 is 2.76 bits per heavy atom. The number of aliphatic hydroxyl groups is 1. The summed E-state index contributed by atoms with van der Waals surface area (Å²) in [4.78, 5) is 14.4. The molecule has 1 aromatic rings. The Morgan fingerprint density at radius 1 is 1.52 bits per heavy atom. The normalized spacial score (nSPS) is 18.0. The number of amides is 1. The van der Waals surface area contributed by atoms with Crippen LogP contribution < -0.4 is 5.73 Å². The fourth-order valence-electron chi connectivity index (χ4n) is 2.88. The van der Waals surface area contributed by atoms with Crippen molar-refractivity contribution in [3.05, 3.63) is 17.5 Å². The van der Waals surface area contributed by atoms with Gasteiger partial charge in [-0.25, -0.2) is 0 Å². The molecule has 6 heteroatoms. The molecular formula is C15H26N4O2. The van der Waals surface area contributed by atoms with Gasteiger partial charge in [0.25, 0.3) is 5.91 Å². The van der Waals surface area contributed by atoms with Crippen molar-refractivity contribution in [1.29, 1.82) is 0 Å². The fourth-order valence-corrected chi connectivity index (χ4v) is 2.88. The van der Waals surface area contributed by atoms with Gasteiger partial charge in [-0.3, -0.25) is 9.48 Å². The summed E-state index contributed by atoms with van der Waals surface area (Å²) in [5.41, 5.74) is 7.10. The molecule has 0 saturated carbocycles. The molecule has 6 nitrogen and oxygen atoms in total. The Kier molecular flexibility index (Phi) is 5.36. The summed E-state index contributed by atoms with van der Waals surface area (Å²) in [7, 11) is 0. The molecule has 2 rings (SSSR count). The third-order valence-electron chi connectivity index (χ3n) is 4.42. The zero-order valence-corrected chi connectivity index (χ0v) is 13.0. The lowest BCUT2D eigenvalue weighted by atomic mass is 9.92. The molecule has 0 bridgehead atoms. The highest BCUT2D eigenvalue weighted by atomic mass is 16.3. The van der Waals surface area contributed by atoms with Gasteiger partial charge < -0.3 is 15.7 Å². The van der Waals surface area contributed by atoms with Crippen molar-refractivity contribution >= 4 is 5.91 Å². The molecule has 1 aliphatic rings. The maximum atomic E-state index is 12.6. The molecule has 2 heterocycles. The number of aromatic nitrogens is 2. The summed E-state index contributed by atoms with van der Waals surface area (Å²) in [6.45, 7) is 6.55. The third kappa shape index (κ3) is 3.63. The van der Waals surface area contributed by atoms with Crippen LogP contribution in [0.3, 0.4) is 0 Å². The number of likely N-dealkylation sites (tertiary alicyclic amines) is 1. The second kappa shape index (κ2) is 7.04. The minimum atomic E-state index is -0.289. The number of nitrogens with two attached hydrogens (primary N) is 1. The first kappa shape index (κ1) is 16.0. The molecule has 1 aliphatic heterocycles. The van der Waals surface area contributed by atoms with Crippen LogP contribution in [0.5, 0.6) is 0 Å². The van der Waals surface area contributed by atoms with E-state index in [1.165, 1.54) is 0 Å². The minimum absolute atomic E-state index is 0.0514. The molecule has 0 spiro atoms. The quantitative estimate of drug-likeness (QED) is 0.840. The van der Waals surface area contributed by atoms with E-state index in [0.29, 0.717) is 31.1 Å². The maximum Gasteiger partial charge on any atom is 0.257 e. The van der Waals surface area contributed by atoms with E-state index in [2.05, 4.69) is 5.10 Å². The number of hydrogen-bond acceptors (Lipinski definition) is 4. The monoisotopic (exact) mass is 294 g/mol. The van der Waals surface area contributed by atoms with E-state index >= 15 is 0 Å². The van der Waals surface area contributed by atoms with Gasteiger partial charge in [-0.1, -0.05) is 0 Å². The Bertz CT molecular complexity index is 476. The van der Waals surface area contributed by atoms with E-state index in [4.69, 9.17) is 5.73 Å². The standard InChI is InChI=1S/C15H26N4O2/c1-11-14(10-17-19(11)7-3-6-16)15(21)18-8-4-13(5-9-18)12(2)20/h10,12-13,20H,3-9,16H2,1-2H3.